The highest BCUT2D eigenvalue weighted by Crippen LogP contribution is 2.32. The summed E-state index contributed by atoms with van der Waals surface area (Å²) in [7, 11) is 4.32. The van der Waals surface area contributed by atoms with Crippen molar-refractivity contribution in [2.24, 2.45) is 5.92 Å². The van der Waals surface area contributed by atoms with Crippen LogP contribution in [0.3, 0.4) is 0 Å². The van der Waals surface area contributed by atoms with Crippen LogP contribution in [0.4, 0.5) is 0 Å². The Morgan fingerprint density at radius 3 is 2.88 bits per heavy atom. The molecule has 3 saturated heterocycles. The first kappa shape index (κ1) is 11.9. The lowest BCUT2D eigenvalue weighted by molar-refractivity contribution is 0.00524. The maximum atomic E-state index is 5.73. The molecule has 3 aliphatic rings. The van der Waals surface area contributed by atoms with Gasteiger partial charge in [-0.3, -0.25) is 4.90 Å². The van der Waals surface area contributed by atoms with Crippen molar-refractivity contribution < 1.29 is 4.74 Å². The Morgan fingerprint density at radius 2 is 2.12 bits per heavy atom. The zero-order valence-electron chi connectivity index (χ0n) is 11.1. The lowest BCUT2D eigenvalue weighted by Crippen LogP contribution is -2.49. The Labute approximate surface area is 104 Å². The van der Waals surface area contributed by atoms with E-state index in [1.807, 2.05) is 7.05 Å². The molecule has 3 heterocycles. The van der Waals surface area contributed by atoms with Crippen LogP contribution in [0.25, 0.3) is 0 Å². The minimum Gasteiger partial charge on any atom is -0.378 e. The molecule has 98 valence electrons. The third-order valence-corrected chi connectivity index (χ3v) is 4.96. The molecule has 0 aromatic heterocycles. The van der Waals surface area contributed by atoms with E-state index in [1.54, 1.807) is 0 Å². The second kappa shape index (κ2) is 4.84. The molecule has 0 aromatic carbocycles. The summed E-state index contributed by atoms with van der Waals surface area (Å²) >= 11 is 0. The summed E-state index contributed by atoms with van der Waals surface area (Å²) in [5, 5.41) is 3.35. The van der Waals surface area contributed by atoms with Gasteiger partial charge >= 0.3 is 0 Å². The topological polar surface area (TPSA) is 27.7 Å². The summed E-state index contributed by atoms with van der Waals surface area (Å²) in [5.74, 6) is 0.912. The number of nitrogens with zero attached hydrogens (tertiary/aromatic N) is 2. The smallest absolute Gasteiger partial charge is 0.0623 e. The first-order valence-corrected chi connectivity index (χ1v) is 6.97. The molecule has 1 N–H and O–H groups in total. The quantitative estimate of drug-likeness (QED) is 0.734. The largest absolute Gasteiger partial charge is 0.378 e. The summed E-state index contributed by atoms with van der Waals surface area (Å²) in [6.45, 7) is 5.66. The Kier molecular flexibility index (Phi) is 3.39. The van der Waals surface area contributed by atoms with Crippen LogP contribution in [0.2, 0.25) is 0 Å². The van der Waals surface area contributed by atoms with Gasteiger partial charge in [0, 0.05) is 31.2 Å². The molecular weight excluding hydrogens is 214 g/mol. The van der Waals surface area contributed by atoms with E-state index in [2.05, 4.69) is 22.2 Å². The van der Waals surface area contributed by atoms with Crippen LogP contribution in [0.15, 0.2) is 0 Å². The van der Waals surface area contributed by atoms with Crippen molar-refractivity contribution in [1.82, 2.24) is 15.1 Å². The number of hydrogen-bond donors (Lipinski definition) is 1. The molecule has 0 aliphatic carbocycles. The fourth-order valence-corrected chi connectivity index (χ4v) is 3.77. The Balaban J connectivity index is 1.59. The lowest BCUT2D eigenvalue weighted by atomic mass is 10.0. The van der Waals surface area contributed by atoms with Crippen molar-refractivity contribution in [2.45, 2.75) is 31.0 Å². The highest BCUT2D eigenvalue weighted by atomic mass is 16.5. The molecule has 3 aliphatic heterocycles. The highest BCUT2D eigenvalue weighted by Gasteiger charge is 2.42. The molecule has 3 fully saturated rings. The standard InChI is InChI=1S/C13H25N3O/c1-14-11-5-12(9-17-8-11)16-6-10-3-4-15(2)13(10)7-16/h10-14H,3-9H2,1-2H3. The predicted octanol–water partition coefficient (Wildman–Crippen LogP) is -0.000800. The van der Waals surface area contributed by atoms with Crippen LogP contribution in [0.1, 0.15) is 12.8 Å². The minimum atomic E-state index is 0.548. The number of fused-ring (bicyclic) bond motifs is 1. The minimum absolute atomic E-state index is 0.548. The van der Waals surface area contributed by atoms with E-state index in [9.17, 15) is 0 Å². The van der Waals surface area contributed by atoms with Gasteiger partial charge in [0.25, 0.3) is 0 Å². The number of rotatable bonds is 2. The van der Waals surface area contributed by atoms with E-state index in [-0.39, 0.29) is 0 Å². The lowest BCUT2D eigenvalue weighted by Gasteiger charge is -2.35. The Bertz CT molecular complexity index is 273. The molecule has 3 rings (SSSR count). The number of likely N-dealkylation sites (tertiary alicyclic amines) is 2. The van der Waals surface area contributed by atoms with Crippen LogP contribution in [0.5, 0.6) is 0 Å². The summed E-state index contributed by atoms with van der Waals surface area (Å²) in [4.78, 5) is 5.22. The van der Waals surface area contributed by atoms with Crippen LogP contribution in [-0.2, 0) is 4.74 Å². The van der Waals surface area contributed by atoms with Crippen molar-refractivity contribution >= 4 is 0 Å². The van der Waals surface area contributed by atoms with E-state index in [0.29, 0.717) is 12.1 Å². The SMILES string of the molecule is CNC1COCC(N2CC3CCN(C)C3C2)C1. The van der Waals surface area contributed by atoms with Gasteiger partial charge in [0.2, 0.25) is 0 Å². The van der Waals surface area contributed by atoms with Crippen LogP contribution < -0.4 is 5.32 Å². The second-order valence-electron chi connectivity index (χ2n) is 5.96. The van der Waals surface area contributed by atoms with E-state index in [4.69, 9.17) is 4.74 Å². The maximum absolute atomic E-state index is 5.73. The molecule has 4 heteroatoms. The van der Waals surface area contributed by atoms with Gasteiger partial charge in [0.05, 0.1) is 13.2 Å². The van der Waals surface area contributed by atoms with Gasteiger partial charge in [-0.05, 0) is 39.4 Å². The third-order valence-electron chi connectivity index (χ3n) is 4.96. The van der Waals surface area contributed by atoms with Crippen molar-refractivity contribution in [1.29, 1.82) is 0 Å². The zero-order chi connectivity index (χ0) is 11.8. The van der Waals surface area contributed by atoms with Crippen molar-refractivity contribution in [3.8, 4) is 0 Å². The van der Waals surface area contributed by atoms with Crippen molar-refractivity contribution in [3.63, 3.8) is 0 Å². The molecule has 0 spiro atoms. The van der Waals surface area contributed by atoms with Gasteiger partial charge in [-0.1, -0.05) is 0 Å². The molecule has 0 bridgehead atoms. The molecule has 0 amide bonds. The normalized spacial score (nSPS) is 44.1. The molecule has 0 saturated carbocycles. The average molecular weight is 239 g/mol. The van der Waals surface area contributed by atoms with E-state index in [0.717, 1.165) is 25.2 Å². The van der Waals surface area contributed by atoms with E-state index in [1.165, 1.54) is 32.5 Å². The fourth-order valence-electron chi connectivity index (χ4n) is 3.77. The predicted molar refractivity (Wildman–Crippen MR) is 68.2 cm³/mol. The van der Waals surface area contributed by atoms with Crippen LogP contribution in [-0.4, -0.2) is 74.9 Å². The van der Waals surface area contributed by atoms with Gasteiger partial charge in [-0.2, -0.15) is 0 Å². The maximum Gasteiger partial charge on any atom is 0.0623 e. The molecule has 0 radical (unpaired) electrons. The molecule has 4 atom stereocenters. The second-order valence-corrected chi connectivity index (χ2v) is 5.96. The number of ether oxygens (including phenoxy) is 1. The first-order chi connectivity index (χ1) is 8.28. The van der Waals surface area contributed by atoms with Crippen molar-refractivity contribution in [3.05, 3.63) is 0 Å². The van der Waals surface area contributed by atoms with E-state index >= 15 is 0 Å². The summed E-state index contributed by atoms with van der Waals surface area (Å²) in [6, 6.07) is 2.00. The first-order valence-electron chi connectivity index (χ1n) is 6.97. The third kappa shape index (κ3) is 2.24. The Morgan fingerprint density at radius 1 is 1.24 bits per heavy atom. The monoisotopic (exact) mass is 239 g/mol. The summed E-state index contributed by atoms with van der Waals surface area (Å²) in [6.07, 6.45) is 2.64. The number of likely N-dealkylation sites (N-methyl/N-ethyl adjacent to an activating group) is 2. The van der Waals surface area contributed by atoms with Gasteiger partial charge < -0.3 is 15.0 Å². The van der Waals surface area contributed by atoms with Gasteiger partial charge in [0.15, 0.2) is 0 Å². The summed E-state index contributed by atoms with van der Waals surface area (Å²) in [5.41, 5.74) is 0. The average Bonchev–Trinajstić information content (AvgIpc) is 2.92. The van der Waals surface area contributed by atoms with Gasteiger partial charge in [-0.15, -0.1) is 0 Å². The van der Waals surface area contributed by atoms with E-state index < -0.39 is 0 Å². The Hall–Kier alpha value is -0.160. The summed E-state index contributed by atoms with van der Waals surface area (Å²) < 4.78 is 5.73. The molecule has 17 heavy (non-hydrogen) atoms. The molecule has 4 unspecified atom stereocenters. The highest BCUT2D eigenvalue weighted by molar-refractivity contribution is 4.97. The molecular formula is C13H25N3O. The van der Waals surface area contributed by atoms with Gasteiger partial charge in [-0.25, -0.2) is 0 Å². The van der Waals surface area contributed by atoms with Crippen LogP contribution in [0, 0.1) is 5.92 Å². The number of hydrogen-bond acceptors (Lipinski definition) is 4. The molecule has 0 aromatic rings. The number of nitrogens with one attached hydrogen (secondary N) is 1. The fraction of sp³-hybridized carbons (Fsp3) is 1.00. The van der Waals surface area contributed by atoms with Gasteiger partial charge in [0.1, 0.15) is 0 Å². The molecule has 4 nitrogen and oxygen atoms in total. The van der Waals surface area contributed by atoms with Crippen molar-refractivity contribution in [2.75, 3.05) is 46.9 Å². The zero-order valence-corrected chi connectivity index (χ0v) is 11.1. The van der Waals surface area contributed by atoms with Crippen LogP contribution >= 0.6 is 0 Å².